The number of hydrogen-bond acceptors (Lipinski definition) is 3. The lowest BCUT2D eigenvalue weighted by Gasteiger charge is -2.41. The lowest BCUT2D eigenvalue weighted by Crippen LogP contribution is -2.54. The summed E-state index contributed by atoms with van der Waals surface area (Å²) in [5.74, 6) is 0.124. The van der Waals surface area contributed by atoms with Gasteiger partial charge in [-0.3, -0.25) is 9.69 Å². The molecule has 1 unspecified atom stereocenters. The van der Waals surface area contributed by atoms with Gasteiger partial charge in [0.1, 0.15) is 0 Å². The monoisotopic (exact) mass is 320 g/mol. The number of benzene rings is 1. The largest absolute Gasteiger partial charge is 0.353 e. The van der Waals surface area contributed by atoms with E-state index >= 15 is 0 Å². The molecule has 1 atom stereocenters. The van der Waals surface area contributed by atoms with E-state index in [4.69, 9.17) is 0 Å². The molecule has 122 valence electrons. The fourth-order valence-electron chi connectivity index (χ4n) is 2.81. The Bertz CT molecular complexity index is 469. The average Bonchev–Trinajstić information content (AvgIpc) is 2.54. The highest BCUT2D eigenvalue weighted by Gasteiger charge is 2.28. The summed E-state index contributed by atoms with van der Waals surface area (Å²) in [7, 11) is 0. The highest BCUT2D eigenvalue weighted by molar-refractivity contribution is 8.00. The first-order valence-electron chi connectivity index (χ1n) is 8.23. The Morgan fingerprint density at radius 1 is 1.23 bits per heavy atom. The first-order chi connectivity index (χ1) is 10.5. The van der Waals surface area contributed by atoms with Crippen LogP contribution < -0.4 is 5.32 Å². The van der Waals surface area contributed by atoms with E-state index in [2.05, 4.69) is 24.1 Å². The van der Waals surface area contributed by atoms with Gasteiger partial charge in [0, 0.05) is 17.0 Å². The molecule has 1 N–H and O–H groups in total. The Kier molecular flexibility index (Phi) is 6.33. The van der Waals surface area contributed by atoms with Crippen molar-refractivity contribution in [1.82, 2.24) is 10.2 Å². The topological polar surface area (TPSA) is 32.3 Å². The average molecular weight is 321 g/mol. The maximum absolute atomic E-state index is 12.3. The van der Waals surface area contributed by atoms with Crippen molar-refractivity contribution < 1.29 is 4.79 Å². The number of carbonyl (C=O) groups is 1. The van der Waals surface area contributed by atoms with Crippen LogP contribution in [-0.4, -0.2) is 41.2 Å². The number of amides is 1. The van der Waals surface area contributed by atoms with Crippen LogP contribution >= 0.6 is 11.8 Å². The van der Waals surface area contributed by atoms with Crippen molar-refractivity contribution in [3.05, 3.63) is 30.3 Å². The van der Waals surface area contributed by atoms with Gasteiger partial charge in [0.2, 0.25) is 5.91 Å². The Balaban J connectivity index is 1.80. The van der Waals surface area contributed by atoms with E-state index in [1.54, 1.807) is 11.8 Å². The second-order valence-corrected chi connectivity index (χ2v) is 8.07. The highest BCUT2D eigenvalue weighted by Crippen LogP contribution is 2.23. The van der Waals surface area contributed by atoms with Crippen LogP contribution in [0.25, 0.3) is 0 Å². The number of piperidine rings is 1. The van der Waals surface area contributed by atoms with E-state index in [0.29, 0.717) is 6.54 Å². The quantitative estimate of drug-likeness (QED) is 0.814. The Morgan fingerprint density at radius 3 is 2.50 bits per heavy atom. The van der Waals surface area contributed by atoms with Crippen molar-refractivity contribution in [1.29, 1.82) is 0 Å². The molecule has 0 bridgehead atoms. The van der Waals surface area contributed by atoms with E-state index in [1.807, 2.05) is 37.3 Å². The van der Waals surface area contributed by atoms with E-state index in [9.17, 15) is 4.79 Å². The van der Waals surface area contributed by atoms with Gasteiger partial charge in [-0.15, -0.1) is 11.8 Å². The van der Waals surface area contributed by atoms with Gasteiger partial charge in [-0.05, 0) is 58.8 Å². The Hall–Kier alpha value is -1.00. The highest BCUT2D eigenvalue weighted by atomic mass is 32.2. The second-order valence-electron chi connectivity index (χ2n) is 6.65. The normalized spacial score (nSPS) is 18.0. The van der Waals surface area contributed by atoms with Gasteiger partial charge in [0.05, 0.1) is 5.25 Å². The van der Waals surface area contributed by atoms with Crippen molar-refractivity contribution in [3.8, 4) is 0 Å². The molecule has 1 aromatic rings. The minimum Gasteiger partial charge on any atom is -0.353 e. The second kappa shape index (κ2) is 8.02. The van der Waals surface area contributed by atoms with Crippen LogP contribution in [0.15, 0.2) is 35.2 Å². The van der Waals surface area contributed by atoms with Gasteiger partial charge in [0.25, 0.3) is 0 Å². The summed E-state index contributed by atoms with van der Waals surface area (Å²) >= 11 is 1.61. The fraction of sp³-hybridized carbons (Fsp3) is 0.611. The minimum absolute atomic E-state index is 0.0349. The number of likely N-dealkylation sites (tertiary alicyclic amines) is 1. The molecule has 1 amide bonds. The smallest absolute Gasteiger partial charge is 0.233 e. The van der Waals surface area contributed by atoms with Gasteiger partial charge < -0.3 is 5.32 Å². The minimum atomic E-state index is -0.0699. The molecule has 2 rings (SSSR count). The van der Waals surface area contributed by atoms with Crippen molar-refractivity contribution in [3.63, 3.8) is 0 Å². The van der Waals surface area contributed by atoms with Crippen LogP contribution in [0.3, 0.4) is 0 Å². The number of nitrogens with zero attached hydrogens (tertiary/aromatic N) is 1. The lowest BCUT2D eigenvalue weighted by molar-refractivity contribution is -0.120. The number of nitrogens with one attached hydrogen (secondary N) is 1. The molecular weight excluding hydrogens is 292 g/mol. The summed E-state index contributed by atoms with van der Waals surface area (Å²) in [5.41, 5.74) is 0.0349. The predicted molar refractivity (Wildman–Crippen MR) is 94.3 cm³/mol. The predicted octanol–water partition coefficient (Wildman–Crippen LogP) is 3.55. The zero-order valence-electron chi connectivity index (χ0n) is 14.0. The van der Waals surface area contributed by atoms with Gasteiger partial charge in [-0.25, -0.2) is 0 Å². The van der Waals surface area contributed by atoms with Gasteiger partial charge >= 0.3 is 0 Å². The molecule has 1 aromatic carbocycles. The third kappa shape index (κ3) is 5.03. The van der Waals surface area contributed by atoms with Crippen LogP contribution in [0.2, 0.25) is 0 Å². The summed E-state index contributed by atoms with van der Waals surface area (Å²) in [6, 6.07) is 10.1. The van der Waals surface area contributed by atoms with E-state index < -0.39 is 0 Å². The number of rotatable bonds is 6. The van der Waals surface area contributed by atoms with Crippen LogP contribution in [0.5, 0.6) is 0 Å². The Labute approximate surface area is 138 Å². The molecule has 4 heteroatoms. The van der Waals surface area contributed by atoms with Crippen LogP contribution in [0.1, 0.15) is 40.0 Å². The van der Waals surface area contributed by atoms with Crippen molar-refractivity contribution in [2.24, 2.45) is 0 Å². The van der Waals surface area contributed by atoms with E-state index in [-0.39, 0.29) is 16.7 Å². The molecule has 1 heterocycles. The first-order valence-corrected chi connectivity index (χ1v) is 9.11. The maximum atomic E-state index is 12.3. The third-order valence-electron chi connectivity index (χ3n) is 4.33. The summed E-state index contributed by atoms with van der Waals surface area (Å²) in [5, 5.41) is 3.07. The number of hydrogen-bond donors (Lipinski definition) is 1. The first kappa shape index (κ1) is 17.4. The Morgan fingerprint density at radius 2 is 1.86 bits per heavy atom. The molecule has 0 radical (unpaired) electrons. The molecule has 1 aliphatic heterocycles. The number of carbonyl (C=O) groups excluding carboxylic acids is 1. The molecular formula is C18H28N2OS. The fourth-order valence-corrected chi connectivity index (χ4v) is 3.73. The molecule has 0 aliphatic carbocycles. The molecule has 22 heavy (non-hydrogen) atoms. The van der Waals surface area contributed by atoms with Gasteiger partial charge in [0.15, 0.2) is 0 Å². The van der Waals surface area contributed by atoms with Crippen LogP contribution in [-0.2, 0) is 4.79 Å². The van der Waals surface area contributed by atoms with Gasteiger partial charge in [-0.2, -0.15) is 0 Å². The molecule has 1 aliphatic rings. The molecule has 3 nitrogen and oxygen atoms in total. The zero-order valence-corrected chi connectivity index (χ0v) is 14.8. The summed E-state index contributed by atoms with van der Waals surface area (Å²) in [6.45, 7) is 9.45. The summed E-state index contributed by atoms with van der Waals surface area (Å²) in [6.07, 6.45) is 3.89. The van der Waals surface area contributed by atoms with Gasteiger partial charge in [-0.1, -0.05) is 24.6 Å². The molecule has 1 saturated heterocycles. The SMILES string of the molecule is CC(Sc1ccccc1)C(=O)NCC(C)(C)N1CCCCC1. The molecule has 0 spiro atoms. The van der Waals surface area contributed by atoms with E-state index in [1.165, 1.54) is 19.3 Å². The maximum Gasteiger partial charge on any atom is 0.233 e. The van der Waals surface area contributed by atoms with E-state index in [0.717, 1.165) is 18.0 Å². The van der Waals surface area contributed by atoms with Crippen molar-refractivity contribution in [2.45, 2.75) is 55.7 Å². The number of thioether (sulfide) groups is 1. The standard InChI is InChI=1S/C18H28N2OS/c1-15(22-16-10-6-4-7-11-16)17(21)19-14-18(2,3)20-12-8-5-9-13-20/h4,6-7,10-11,15H,5,8-9,12-14H2,1-3H3,(H,19,21). The molecule has 0 saturated carbocycles. The van der Waals surface area contributed by atoms with Crippen molar-refractivity contribution >= 4 is 17.7 Å². The zero-order chi connectivity index (χ0) is 16.0. The molecule has 0 aromatic heterocycles. The summed E-state index contributed by atoms with van der Waals surface area (Å²) < 4.78 is 0. The third-order valence-corrected chi connectivity index (χ3v) is 5.44. The van der Waals surface area contributed by atoms with Crippen molar-refractivity contribution in [2.75, 3.05) is 19.6 Å². The van der Waals surface area contributed by atoms with Crippen LogP contribution in [0.4, 0.5) is 0 Å². The molecule has 1 fully saturated rings. The lowest BCUT2D eigenvalue weighted by atomic mass is 9.98. The van der Waals surface area contributed by atoms with Crippen LogP contribution in [0, 0.1) is 0 Å². The summed E-state index contributed by atoms with van der Waals surface area (Å²) in [4.78, 5) is 16.0.